The summed E-state index contributed by atoms with van der Waals surface area (Å²) < 4.78 is 0. The average Bonchev–Trinajstić information content (AvgIpc) is 3.08. The second-order valence-electron chi connectivity index (χ2n) is 7.44. The van der Waals surface area contributed by atoms with Gasteiger partial charge in [-0.05, 0) is 51.2 Å². The minimum absolute atomic E-state index is 0.0785. The Bertz CT molecular complexity index is 638. The second-order valence-corrected chi connectivity index (χ2v) is 7.44. The third-order valence-corrected chi connectivity index (χ3v) is 5.39. The zero-order chi connectivity index (χ0) is 17.8. The van der Waals surface area contributed by atoms with Gasteiger partial charge in [0.15, 0.2) is 0 Å². The number of hydrogen-bond donors (Lipinski definition) is 2. The smallest absolute Gasteiger partial charge is 0.318 e. The van der Waals surface area contributed by atoms with Gasteiger partial charge in [0.25, 0.3) is 0 Å². The van der Waals surface area contributed by atoms with Crippen molar-refractivity contribution in [1.29, 1.82) is 0 Å². The van der Waals surface area contributed by atoms with Crippen molar-refractivity contribution in [2.75, 3.05) is 11.9 Å². The molecule has 3 amide bonds. The molecule has 1 saturated heterocycles. The van der Waals surface area contributed by atoms with Gasteiger partial charge >= 0.3 is 6.03 Å². The van der Waals surface area contributed by atoms with Crippen molar-refractivity contribution in [1.82, 2.24) is 10.2 Å². The van der Waals surface area contributed by atoms with Gasteiger partial charge in [0.1, 0.15) is 6.04 Å². The summed E-state index contributed by atoms with van der Waals surface area (Å²) >= 11 is 0. The predicted octanol–water partition coefficient (Wildman–Crippen LogP) is 3.75. The summed E-state index contributed by atoms with van der Waals surface area (Å²) in [6.07, 6.45) is 7.34. The van der Waals surface area contributed by atoms with E-state index in [1.54, 1.807) is 4.90 Å². The Labute approximate surface area is 150 Å². The highest BCUT2D eigenvalue weighted by Crippen LogP contribution is 2.23. The molecule has 1 aromatic carbocycles. The number of carbonyl (C=O) groups is 2. The molecule has 2 N–H and O–H groups in total. The van der Waals surface area contributed by atoms with Crippen molar-refractivity contribution in [3.8, 4) is 0 Å². The number of rotatable bonds is 3. The van der Waals surface area contributed by atoms with Crippen LogP contribution < -0.4 is 10.6 Å². The molecule has 1 heterocycles. The first kappa shape index (κ1) is 17.8. The third-order valence-electron chi connectivity index (χ3n) is 5.39. The first-order chi connectivity index (χ1) is 12.0. The fraction of sp³-hybridized carbons (Fsp3) is 0.600. The molecule has 2 aliphatic rings. The highest BCUT2D eigenvalue weighted by molar-refractivity contribution is 5.97. The van der Waals surface area contributed by atoms with E-state index in [0.29, 0.717) is 6.54 Å². The molecule has 1 aliphatic carbocycles. The van der Waals surface area contributed by atoms with Crippen LogP contribution in [0.5, 0.6) is 0 Å². The topological polar surface area (TPSA) is 61.4 Å². The van der Waals surface area contributed by atoms with E-state index in [0.717, 1.165) is 36.9 Å². The minimum Gasteiger partial charge on any atom is -0.335 e. The number of anilines is 1. The Morgan fingerprint density at radius 1 is 1.04 bits per heavy atom. The maximum atomic E-state index is 12.7. The molecule has 5 nitrogen and oxygen atoms in total. The van der Waals surface area contributed by atoms with Crippen LogP contribution in [0.3, 0.4) is 0 Å². The van der Waals surface area contributed by atoms with Crippen molar-refractivity contribution in [2.24, 2.45) is 0 Å². The SMILES string of the molecule is Cc1ccc(NC(=O)[C@@H]2CCCN2C(=O)NC2CCCCC2)c(C)c1. The third kappa shape index (κ3) is 4.33. The lowest BCUT2D eigenvalue weighted by molar-refractivity contribution is -0.119. The van der Waals surface area contributed by atoms with E-state index in [9.17, 15) is 9.59 Å². The lowest BCUT2D eigenvalue weighted by Gasteiger charge is -2.29. The zero-order valence-electron chi connectivity index (χ0n) is 15.3. The Kier molecular flexibility index (Phi) is 5.61. The van der Waals surface area contributed by atoms with Crippen molar-refractivity contribution in [3.63, 3.8) is 0 Å². The number of amides is 3. The van der Waals surface area contributed by atoms with Gasteiger partial charge in [-0.15, -0.1) is 0 Å². The van der Waals surface area contributed by atoms with Gasteiger partial charge in [0, 0.05) is 18.3 Å². The van der Waals surface area contributed by atoms with Crippen molar-refractivity contribution in [3.05, 3.63) is 29.3 Å². The summed E-state index contributed by atoms with van der Waals surface area (Å²) in [6, 6.07) is 5.80. The number of likely N-dealkylation sites (tertiary alicyclic amines) is 1. The van der Waals surface area contributed by atoms with Crippen LogP contribution in [0, 0.1) is 13.8 Å². The molecule has 0 radical (unpaired) electrons. The molecule has 1 aliphatic heterocycles. The first-order valence-electron chi connectivity index (χ1n) is 9.50. The molecule has 1 aromatic rings. The van der Waals surface area contributed by atoms with Crippen LogP contribution in [-0.2, 0) is 4.79 Å². The lowest BCUT2D eigenvalue weighted by atomic mass is 9.96. The molecule has 1 saturated carbocycles. The Morgan fingerprint density at radius 2 is 1.80 bits per heavy atom. The summed E-state index contributed by atoms with van der Waals surface area (Å²) in [5.41, 5.74) is 3.05. The lowest BCUT2D eigenvalue weighted by Crippen LogP contribution is -2.50. The quantitative estimate of drug-likeness (QED) is 0.878. The molecule has 0 spiro atoms. The fourth-order valence-corrected chi connectivity index (χ4v) is 3.96. The van der Waals surface area contributed by atoms with E-state index in [-0.39, 0.29) is 24.0 Å². The van der Waals surface area contributed by atoms with Crippen LogP contribution in [0.25, 0.3) is 0 Å². The van der Waals surface area contributed by atoms with Crippen LogP contribution >= 0.6 is 0 Å². The van der Waals surface area contributed by atoms with E-state index in [4.69, 9.17) is 0 Å². The van der Waals surface area contributed by atoms with E-state index in [2.05, 4.69) is 16.7 Å². The molecular formula is C20H29N3O2. The monoisotopic (exact) mass is 343 g/mol. The van der Waals surface area contributed by atoms with Gasteiger partial charge in [-0.3, -0.25) is 4.79 Å². The largest absolute Gasteiger partial charge is 0.335 e. The minimum atomic E-state index is -0.371. The maximum Gasteiger partial charge on any atom is 0.318 e. The van der Waals surface area contributed by atoms with Crippen molar-refractivity contribution < 1.29 is 9.59 Å². The van der Waals surface area contributed by atoms with Crippen LogP contribution in [-0.4, -0.2) is 35.5 Å². The molecule has 0 bridgehead atoms. The molecule has 3 rings (SSSR count). The van der Waals surface area contributed by atoms with Crippen LogP contribution in [0.4, 0.5) is 10.5 Å². The van der Waals surface area contributed by atoms with E-state index < -0.39 is 0 Å². The van der Waals surface area contributed by atoms with Gasteiger partial charge in [-0.25, -0.2) is 4.79 Å². The summed E-state index contributed by atoms with van der Waals surface area (Å²) in [5, 5.41) is 6.14. The van der Waals surface area contributed by atoms with Gasteiger partial charge < -0.3 is 15.5 Å². The molecule has 1 atom stereocenters. The van der Waals surface area contributed by atoms with Gasteiger partial charge in [0.05, 0.1) is 0 Å². The van der Waals surface area contributed by atoms with Crippen LogP contribution in [0.15, 0.2) is 18.2 Å². The average molecular weight is 343 g/mol. The second kappa shape index (κ2) is 7.89. The summed E-state index contributed by atoms with van der Waals surface area (Å²) in [7, 11) is 0. The standard InChI is InChI=1S/C20H29N3O2/c1-14-10-11-17(15(2)13-14)22-19(24)18-9-6-12-23(18)20(25)21-16-7-4-3-5-8-16/h10-11,13,16,18H,3-9,12H2,1-2H3,(H,21,25)(H,22,24)/t18-/m0/s1. The zero-order valence-corrected chi connectivity index (χ0v) is 15.3. The Hall–Kier alpha value is -2.04. The number of benzene rings is 1. The van der Waals surface area contributed by atoms with E-state index in [1.807, 2.05) is 26.0 Å². The molecule has 0 unspecified atom stereocenters. The van der Waals surface area contributed by atoms with E-state index >= 15 is 0 Å². The Balaban J connectivity index is 1.61. The molecule has 5 heteroatoms. The maximum absolute atomic E-state index is 12.7. The molecule has 25 heavy (non-hydrogen) atoms. The number of carbonyl (C=O) groups excluding carboxylic acids is 2. The summed E-state index contributed by atoms with van der Waals surface area (Å²) in [6.45, 7) is 4.68. The van der Waals surface area contributed by atoms with E-state index in [1.165, 1.54) is 24.8 Å². The van der Waals surface area contributed by atoms with Crippen LogP contribution in [0.2, 0.25) is 0 Å². The molecule has 2 fully saturated rings. The highest BCUT2D eigenvalue weighted by Gasteiger charge is 2.35. The molecular weight excluding hydrogens is 314 g/mol. The summed E-state index contributed by atoms with van der Waals surface area (Å²) in [4.78, 5) is 27.1. The summed E-state index contributed by atoms with van der Waals surface area (Å²) in [5.74, 6) is -0.0803. The molecule has 136 valence electrons. The predicted molar refractivity (Wildman–Crippen MR) is 99.7 cm³/mol. The normalized spacial score (nSPS) is 21.2. The van der Waals surface area contributed by atoms with Gasteiger partial charge in [-0.2, -0.15) is 0 Å². The number of urea groups is 1. The fourth-order valence-electron chi connectivity index (χ4n) is 3.96. The molecule has 0 aromatic heterocycles. The number of nitrogens with one attached hydrogen (secondary N) is 2. The van der Waals surface area contributed by atoms with Crippen LogP contribution in [0.1, 0.15) is 56.1 Å². The number of hydrogen-bond acceptors (Lipinski definition) is 2. The number of aryl methyl sites for hydroxylation is 2. The number of nitrogens with zero attached hydrogens (tertiary/aromatic N) is 1. The van der Waals surface area contributed by atoms with Gasteiger partial charge in [0.2, 0.25) is 5.91 Å². The Morgan fingerprint density at radius 3 is 2.52 bits per heavy atom. The highest BCUT2D eigenvalue weighted by atomic mass is 16.2. The van der Waals surface area contributed by atoms with Crippen molar-refractivity contribution in [2.45, 2.75) is 70.9 Å². The first-order valence-corrected chi connectivity index (χ1v) is 9.50. The van der Waals surface area contributed by atoms with Gasteiger partial charge in [-0.1, -0.05) is 37.0 Å². The van der Waals surface area contributed by atoms with Crippen molar-refractivity contribution >= 4 is 17.6 Å².